The lowest BCUT2D eigenvalue weighted by Crippen LogP contribution is -2.03. The molecule has 1 aromatic carbocycles. The molecule has 0 unspecified atom stereocenters. The highest BCUT2D eigenvalue weighted by Crippen LogP contribution is 2.30. The van der Waals surface area contributed by atoms with E-state index >= 15 is 0 Å². The number of fused-ring (bicyclic) bond motifs is 1. The van der Waals surface area contributed by atoms with Gasteiger partial charge in [-0.15, -0.1) is 0 Å². The Morgan fingerprint density at radius 1 is 1.44 bits per heavy atom. The zero-order valence-electron chi connectivity index (χ0n) is 10.3. The second-order valence-electron chi connectivity index (χ2n) is 4.56. The fourth-order valence-electron chi connectivity index (χ4n) is 2.25. The van der Waals surface area contributed by atoms with Gasteiger partial charge in [0.2, 0.25) is 11.9 Å². The first-order chi connectivity index (χ1) is 8.56. The Bertz CT molecular complexity index is 657. The van der Waals surface area contributed by atoms with Crippen LogP contribution in [0.1, 0.15) is 11.3 Å². The van der Waals surface area contributed by atoms with E-state index in [0.29, 0.717) is 12.4 Å². The highest BCUT2D eigenvalue weighted by atomic mass is 16.1. The molecule has 0 spiro atoms. The summed E-state index contributed by atoms with van der Waals surface area (Å²) in [6.45, 7) is 1.98. The topological polar surface area (TPSA) is 72.9 Å². The molecule has 0 atom stereocenters. The van der Waals surface area contributed by atoms with E-state index in [1.807, 2.05) is 36.7 Å². The van der Waals surface area contributed by atoms with E-state index < -0.39 is 0 Å². The predicted octanol–water partition coefficient (Wildman–Crippen LogP) is 1.47. The van der Waals surface area contributed by atoms with Crippen molar-refractivity contribution in [3.05, 3.63) is 29.5 Å². The number of nitrogens with two attached hydrogens (primary N) is 1. The maximum atomic E-state index is 11.3. The zero-order valence-corrected chi connectivity index (χ0v) is 10.3. The normalized spacial score (nSPS) is 13.6. The number of carbonyl (C=O) groups excluding carboxylic acids is 1. The number of amides is 1. The molecule has 0 bridgehead atoms. The number of carbonyl (C=O) groups is 1. The maximum Gasteiger partial charge on any atom is 0.228 e. The molecule has 0 fully saturated rings. The predicted molar refractivity (Wildman–Crippen MR) is 70.1 cm³/mol. The van der Waals surface area contributed by atoms with Crippen LogP contribution in [0, 0.1) is 6.92 Å². The molecule has 0 radical (unpaired) electrons. The van der Waals surface area contributed by atoms with Crippen molar-refractivity contribution < 1.29 is 4.79 Å². The Hall–Kier alpha value is -2.30. The second-order valence-corrected chi connectivity index (χ2v) is 4.56. The summed E-state index contributed by atoms with van der Waals surface area (Å²) in [7, 11) is 1.89. The molecule has 1 amide bonds. The fourth-order valence-corrected chi connectivity index (χ4v) is 2.25. The van der Waals surface area contributed by atoms with Gasteiger partial charge in [0.15, 0.2) is 0 Å². The smallest absolute Gasteiger partial charge is 0.228 e. The van der Waals surface area contributed by atoms with E-state index in [9.17, 15) is 4.79 Å². The lowest BCUT2D eigenvalue weighted by Gasteiger charge is -2.03. The average Bonchev–Trinajstić information content (AvgIpc) is 2.82. The summed E-state index contributed by atoms with van der Waals surface area (Å²) in [6, 6.07) is 5.88. The van der Waals surface area contributed by atoms with Crippen molar-refractivity contribution in [2.75, 3.05) is 11.1 Å². The van der Waals surface area contributed by atoms with E-state index in [4.69, 9.17) is 5.73 Å². The molecular weight excluding hydrogens is 228 g/mol. The number of nitrogens with one attached hydrogen (secondary N) is 1. The summed E-state index contributed by atoms with van der Waals surface area (Å²) in [4.78, 5) is 15.7. The number of nitrogens with zero attached hydrogens (tertiary/aromatic N) is 2. The van der Waals surface area contributed by atoms with Crippen molar-refractivity contribution in [1.29, 1.82) is 0 Å². The Balaban J connectivity index is 2.11. The molecule has 1 aliphatic rings. The highest BCUT2D eigenvalue weighted by Gasteiger charge is 2.19. The largest absolute Gasteiger partial charge is 0.369 e. The minimum atomic E-state index is 0.0411. The number of hydrogen-bond donors (Lipinski definition) is 2. The lowest BCUT2D eigenvalue weighted by atomic mass is 10.1. The fraction of sp³-hybridized carbons (Fsp3) is 0.231. The minimum Gasteiger partial charge on any atom is -0.369 e. The van der Waals surface area contributed by atoms with Crippen LogP contribution < -0.4 is 11.1 Å². The van der Waals surface area contributed by atoms with Gasteiger partial charge in [-0.2, -0.15) is 0 Å². The molecule has 1 aliphatic heterocycles. The molecule has 18 heavy (non-hydrogen) atoms. The van der Waals surface area contributed by atoms with E-state index in [1.54, 1.807) is 0 Å². The molecule has 0 saturated carbocycles. The summed E-state index contributed by atoms with van der Waals surface area (Å²) in [5.41, 5.74) is 10.6. The third kappa shape index (κ3) is 1.48. The quantitative estimate of drug-likeness (QED) is 0.795. The standard InChI is InChI=1S/C13H14N4O/c1-7-12(16-13(14)17(7)2)8-3-4-10-9(5-8)6-11(18)15-10/h3-5H,6H2,1-2H3,(H2,14,16)(H,15,18). The number of hydrogen-bond acceptors (Lipinski definition) is 3. The molecule has 92 valence electrons. The first-order valence-electron chi connectivity index (χ1n) is 5.78. The summed E-state index contributed by atoms with van der Waals surface area (Å²) < 4.78 is 1.85. The van der Waals surface area contributed by atoms with Gasteiger partial charge in [-0.1, -0.05) is 6.07 Å². The van der Waals surface area contributed by atoms with Gasteiger partial charge in [-0.05, 0) is 24.6 Å². The van der Waals surface area contributed by atoms with Crippen LogP contribution in [0.4, 0.5) is 11.6 Å². The van der Waals surface area contributed by atoms with Gasteiger partial charge in [0, 0.05) is 24.0 Å². The average molecular weight is 242 g/mol. The summed E-state index contributed by atoms with van der Waals surface area (Å²) >= 11 is 0. The number of benzene rings is 1. The molecule has 3 rings (SSSR count). The Morgan fingerprint density at radius 3 is 2.89 bits per heavy atom. The number of anilines is 2. The first kappa shape index (κ1) is 10.8. The van der Waals surface area contributed by atoms with E-state index in [1.165, 1.54) is 0 Å². The van der Waals surface area contributed by atoms with Gasteiger partial charge in [-0.25, -0.2) is 4.98 Å². The van der Waals surface area contributed by atoms with Gasteiger partial charge in [0.1, 0.15) is 0 Å². The summed E-state index contributed by atoms with van der Waals surface area (Å²) in [5.74, 6) is 0.539. The van der Waals surface area contributed by atoms with Gasteiger partial charge >= 0.3 is 0 Å². The molecule has 1 aromatic heterocycles. The van der Waals surface area contributed by atoms with Crippen LogP contribution in [0.15, 0.2) is 18.2 Å². The van der Waals surface area contributed by atoms with Crippen LogP contribution in [-0.4, -0.2) is 15.5 Å². The number of aromatic nitrogens is 2. The Kier molecular flexibility index (Phi) is 2.16. The van der Waals surface area contributed by atoms with Crippen LogP contribution in [-0.2, 0) is 18.3 Å². The van der Waals surface area contributed by atoms with Gasteiger partial charge in [0.05, 0.1) is 12.1 Å². The monoisotopic (exact) mass is 242 g/mol. The van der Waals surface area contributed by atoms with E-state index in [0.717, 1.165) is 28.2 Å². The van der Waals surface area contributed by atoms with E-state index in [-0.39, 0.29) is 5.91 Å². The summed E-state index contributed by atoms with van der Waals surface area (Å²) in [6.07, 6.45) is 0.435. The number of rotatable bonds is 1. The SMILES string of the molecule is Cc1c(-c2ccc3c(c2)CC(=O)N3)nc(N)n1C. The van der Waals surface area contributed by atoms with Crippen LogP contribution in [0.5, 0.6) is 0 Å². The first-order valence-corrected chi connectivity index (χ1v) is 5.78. The third-order valence-electron chi connectivity index (χ3n) is 3.42. The highest BCUT2D eigenvalue weighted by molar-refractivity contribution is 5.99. The zero-order chi connectivity index (χ0) is 12.9. The van der Waals surface area contributed by atoms with Crippen molar-refractivity contribution in [3.63, 3.8) is 0 Å². The Morgan fingerprint density at radius 2 is 2.22 bits per heavy atom. The molecular formula is C13H14N4O. The number of imidazole rings is 1. The summed E-state index contributed by atoms with van der Waals surface area (Å²) in [5, 5.41) is 2.82. The number of nitrogen functional groups attached to an aromatic ring is 1. The van der Waals surface area contributed by atoms with Crippen LogP contribution in [0.2, 0.25) is 0 Å². The third-order valence-corrected chi connectivity index (χ3v) is 3.42. The Labute approximate surface area is 105 Å². The van der Waals surface area contributed by atoms with Gasteiger partial charge in [-0.3, -0.25) is 4.79 Å². The molecule has 5 heteroatoms. The van der Waals surface area contributed by atoms with Crippen molar-refractivity contribution in [2.45, 2.75) is 13.3 Å². The van der Waals surface area contributed by atoms with Crippen molar-refractivity contribution in [2.24, 2.45) is 7.05 Å². The molecule has 0 saturated heterocycles. The molecule has 2 aromatic rings. The molecule has 2 heterocycles. The molecule has 3 N–H and O–H groups in total. The minimum absolute atomic E-state index is 0.0411. The maximum absolute atomic E-state index is 11.3. The van der Waals surface area contributed by atoms with Crippen LogP contribution >= 0.6 is 0 Å². The van der Waals surface area contributed by atoms with Crippen LogP contribution in [0.3, 0.4) is 0 Å². The van der Waals surface area contributed by atoms with Crippen molar-refractivity contribution in [1.82, 2.24) is 9.55 Å². The van der Waals surface area contributed by atoms with Crippen molar-refractivity contribution in [3.8, 4) is 11.3 Å². The molecule has 5 nitrogen and oxygen atoms in total. The van der Waals surface area contributed by atoms with Gasteiger partial charge < -0.3 is 15.6 Å². The van der Waals surface area contributed by atoms with Crippen LogP contribution in [0.25, 0.3) is 11.3 Å². The van der Waals surface area contributed by atoms with E-state index in [2.05, 4.69) is 10.3 Å². The van der Waals surface area contributed by atoms with Crippen molar-refractivity contribution >= 4 is 17.5 Å². The molecule has 0 aliphatic carbocycles. The second kappa shape index (κ2) is 3.60. The lowest BCUT2D eigenvalue weighted by molar-refractivity contribution is -0.115. The van der Waals surface area contributed by atoms with Gasteiger partial charge in [0.25, 0.3) is 0 Å².